The predicted octanol–water partition coefficient (Wildman–Crippen LogP) is 2.28. The minimum absolute atomic E-state index is 0.481. The first kappa shape index (κ1) is 9.96. The van der Waals surface area contributed by atoms with Crippen LogP contribution in [0.25, 0.3) is 0 Å². The van der Waals surface area contributed by atoms with E-state index in [2.05, 4.69) is 33.0 Å². The molecule has 0 saturated carbocycles. The molecule has 0 heterocycles. The quantitative estimate of drug-likeness (QED) is 0.636. The largest absolute Gasteiger partial charge is 0.319 e. The van der Waals surface area contributed by atoms with Crippen LogP contribution < -0.4 is 5.32 Å². The minimum Gasteiger partial charge on any atom is -0.319 e. The van der Waals surface area contributed by atoms with Crippen molar-refractivity contribution in [2.24, 2.45) is 11.3 Å². The van der Waals surface area contributed by atoms with Crippen LogP contribution in [0.4, 0.5) is 0 Å². The van der Waals surface area contributed by atoms with Gasteiger partial charge in [0.15, 0.2) is 0 Å². The third-order valence-electron chi connectivity index (χ3n) is 2.78. The average molecular weight is 143 g/mol. The molecule has 0 fully saturated rings. The summed E-state index contributed by atoms with van der Waals surface area (Å²) < 4.78 is 0. The van der Waals surface area contributed by atoms with Crippen LogP contribution in [0.15, 0.2) is 0 Å². The van der Waals surface area contributed by atoms with E-state index in [9.17, 15) is 0 Å². The highest BCUT2D eigenvalue weighted by Gasteiger charge is 2.24. The summed E-state index contributed by atoms with van der Waals surface area (Å²) in [6.45, 7) is 10.3. The Kier molecular flexibility index (Phi) is 3.95. The maximum atomic E-state index is 3.24. The predicted molar refractivity (Wildman–Crippen MR) is 47.2 cm³/mol. The second kappa shape index (κ2) is 3.97. The molecule has 10 heavy (non-hydrogen) atoms. The fourth-order valence-corrected chi connectivity index (χ4v) is 1.14. The van der Waals surface area contributed by atoms with Crippen LogP contribution in [0.1, 0.15) is 34.1 Å². The molecule has 0 aliphatic rings. The lowest BCUT2D eigenvalue weighted by molar-refractivity contribution is 0.205. The van der Waals surface area contributed by atoms with Crippen molar-refractivity contribution in [2.45, 2.75) is 34.1 Å². The van der Waals surface area contributed by atoms with E-state index in [4.69, 9.17) is 0 Å². The highest BCUT2D eigenvalue weighted by Crippen LogP contribution is 2.29. The fraction of sp³-hybridized carbons (Fsp3) is 1.00. The van der Waals surface area contributed by atoms with Gasteiger partial charge in [0.05, 0.1) is 0 Å². The summed E-state index contributed by atoms with van der Waals surface area (Å²) in [6, 6.07) is 0. The monoisotopic (exact) mass is 143 g/mol. The van der Waals surface area contributed by atoms with E-state index in [1.165, 1.54) is 6.42 Å². The van der Waals surface area contributed by atoms with Crippen molar-refractivity contribution in [1.82, 2.24) is 5.32 Å². The molecule has 0 saturated heterocycles. The number of hydrogen-bond acceptors (Lipinski definition) is 1. The smallest absolute Gasteiger partial charge is 0.000450 e. The Labute approximate surface area is 65.2 Å². The molecule has 0 aromatic carbocycles. The zero-order chi connectivity index (χ0) is 8.20. The summed E-state index contributed by atoms with van der Waals surface area (Å²) in [5.74, 6) is 0.768. The Morgan fingerprint density at radius 2 is 1.90 bits per heavy atom. The summed E-state index contributed by atoms with van der Waals surface area (Å²) in [6.07, 6.45) is 1.26. The molecule has 0 aromatic rings. The maximum Gasteiger partial charge on any atom is 0.000450 e. The molecule has 1 heteroatoms. The van der Waals surface area contributed by atoms with Crippen LogP contribution in [-0.4, -0.2) is 13.6 Å². The van der Waals surface area contributed by atoms with E-state index in [-0.39, 0.29) is 0 Å². The summed E-state index contributed by atoms with van der Waals surface area (Å²) in [5, 5.41) is 3.24. The Bertz CT molecular complexity index is 88.7. The van der Waals surface area contributed by atoms with Gasteiger partial charge in [0.25, 0.3) is 0 Å². The normalized spacial score (nSPS) is 17.4. The molecule has 0 radical (unpaired) electrons. The van der Waals surface area contributed by atoms with E-state index in [0.717, 1.165) is 12.5 Å². The van der Waals surface area contributed by atoms with Crippen molar-refractivity contribution in [3.63, 3.8) is 0 Å². The van der Waals surface area contributed by atoms with Crippen LogP contribution in [-0.2, 0) is 0 Å². The molecular weight excluding hydrogens is 122 g/mol. The van der Waals surface area contributed by atoms with Crippen molar-refractivity contribution in [2.75, 3.05) is 13.6 Å². The molecular formula is C9H21N. The van der Waals surface area contributed by atoms with Crippen LogP contribution in [0, 0.1) is 11.3 Å². The van der Waals surface area contributed by atoms with E-state index in [1.54, 1.807) is 0 Å². The first-order chi connectivity index (χ1) is 4.56. The zero-order valence-electron chi connectivity index (χ0n) is 7.99. The van der Waals surface area contributed by atoms with Gasteiger partial charge in [-0.2, -0.15) is 0 Å². The highest BCUT2D eigenvalue weighted by molar-refractivity contribution is 4.77. The van der Waals surface area contributed by atoms with Gasteiger partial charge in [0, 0.05) is 6.54 Å². The van der Waals surface area contributed by atoms with Gasteiger partial charge in [-0.15, -0.1) is 0 Å². The molecule has 0 amide bonds. The van der Waals surface area contributed by atoms with E-state index >= 15 is 0 Å². The number of nitrogens with one attached hydrogen (secondary N) is 1. The summed E-state index contributed by atoms with van der Waals surface area (Å²) in [7, 11) is 2.02. The highest BCUT2D eigenvalue weighted by atomic mass is 14.8. The van der Waals surface area contributed by atoms with Gasteiger partial charge in [0.1, 0.15) is 0 Å². The van der Waals surface area contributed by atoms with E-state index in [1.807, 2.05) is 7.05 Å². The second-order valence-electron chi connectivity index (χ2n) is 3.69. The summed E-state index contributed by atoms with van der Waals surface area (Å²) in [5.41, 5.74) is 0.481. The lowest BCUT2D eigenvalue weighted by Crippen LogP contribution is -2.33. The number of hydrogen-bond donors (Lipinski definition) is 1. The Hall–Kier alpha value is -0.0400. The summed E-state index contributed by atoms with van der Waals surface area (Å²) >= 11 is 0. The van der Waals surface area contributed by atoms with Crippen LogP contribution >= 0.6 is 0 Å². The Morgan fingerprint density at radius 1 is 1.40 bits per heavy atom. The van der Waals surface area contributed by atoms with Crippen molar-refractivity contribution < 1.29 is 0 Å². The lowest BCUT2D eigenvalue weighted by Gasteiger charge is -2.32. The van der Waals surface area contributed by atoms with Gasteiger partial charge in [-0.3, -0.25) is 0 Å². The van der Waals surface area contributed by atoms with E-state index < -0.39 is 0 Å². The standard InChI is InChI=1S/C9H21N/c1-6-9(4,7-10-5)8(2)3/h8,10H,6-7H2,1-5H3. The SMILES string of the molecule is CCC(C)(CNC)C(C)C. The molecule has 0 aliphatic carbocycles. The van der Waals surface area contributed by atoms with Gasteiger partial charge < -0.3 is 5.32 Å². The van der Waals surface area contributed by atoms with Crippen molar-refractivity contribution in [3.05, 3.63) is 0 Å². The van der Waals surface area contributed by atoms with Crippen molar-refractivity contribution in [1.29, 1.82) is 0 Å². The topological polar surface area (TPSA) is 12.0 Å². The molecule has 1 nitrogen and oxygen atoms in total. The zero-order valence-corrected chi connectivity index (χ0v) is 7.99. The Morgan fingerprint density at radius 3 is 2.00 bits per heavy atom. The molecule has 62 valence electrons. The third-order valence-corrected chi connectivity index (χ3v) is 2.78. The first-order valence-corrected chi connectivity index (χ1v) is 4.21. The molecule has 1 unspecified atom stereocenters. The minimum atomic E-state index is 0.481. The molecule has 0 aromatic heterocycles. The van der Waals surface area contributed by atoms with Crippen LogP contribution in [0.3, 0.4) is 0 Å². The third kappa shape index (κ3) is 2.30. The molecule has 0 bridgehead atoms. The van der Waals surface area contributed by atoms with Crippen LogP contribution in [0.2, 0.25) is 0 Å². The Balaban J connectivity index is 3.94. The lowest BCUT2D eigenvalue weighted by atomic mass is 9.77. The molecule has 1 N–H and O–H groups in total. The second-order valence-corrected chi connectivity index (χ2v) is 3.69. The number of rotatable bonds is 4. The van der Waals surface area contributed by atoms with Gasteiger partial charge in [-0.1, -0.05) is 27.7 Å². The summed E-state index contributed by atoms with van der Waals surface area (Å²) in [4.78, 5) is 0. The van der Waals surface area contributed by atoms with Crippen LogP contribution in [0.5, 0.6) is 0 Å². The van der Waals surface area contributed by atoms with Gasteiger partial charge >= 0.3 is 0 Å². The average Bonchev–Trinajstić information content (AvgIpc) is 1.88. The molecule has 0 rings (SSSR count). The van der Waals surface area contributed by atoms with Gasteiger partial charge in [0.2, 0.25) is 0 Å². The molecule has 0 spiro atoms. The molecule has 0 aliphatic heterocycles. The maximum absolute atomic E-state index is 3.24. The van der Waals surface area contributed by atoms with Gasteiger partial charge in [-0.05, 0) is 24.8 Å². The van der Waals surface area contributed by atoms with E-state index in [0.29, 0.717) is 5.41 Å². The first-order valence-electron chi connectivity index (χ1n) is 4.21. The molecule has 1 atom stereocenters. The van der Waals surface area contributed by atoms with Crippen molar-refractivity contribution >= 4 is 0 Å². The fourth-order valence-electron chi connectivity index (χ4n) is 1.14. The van der Waals surface area contributed by atoms with Crippen molar-refractivity contribution in [3.8, 4) is 0 Å². The van der Waals surface area contributed by atoms with Gasteiger partial charge in [-0.25, -0.2) is 0 Å².